The van der Waals surface area contributed by atoms with Crippen molar-refractivity contribution in [3.63, 3.8) is 0 Å². The zero-order valence-corrected chi connectivity index (χ0v) is 16.8. The summed E-state index contributed by atoms with van der Waals surface area (Å²) < 4.78 is 0. The molecule has 0 radical (unpaired) electrons. The van der Waals surface area contributed by atoms with Crippen LogP contribution in [0.2, 0.25) is 0 Å². The number of hydrogen-bond acceptors (Lipinski definition) is 5. The van der Waals surface area contributed by atoms with Gasteiger partial charge in [-0.05, 0) is 42.8 Å². The van der Waals surface area contributed by atoms with Crippen LogP contribution in [0, 0.1) is 6.92 Å². The van der Waals surface area contributed by atoms with E-state index in [9.17, 15) is 9.59 Å². The highest BCUT2D eigenvalue weighted by molar-refractivity contribution is 7.14. The fraction of sp³-hybridized carbons (Fsp3) is 0.190. The number of carbonyl (C=O) groups excluding carboxylic acids is 2. The minimum atomic E-state index is -0.220. The average molecular weight is 395 g/mol. The summed E-state index contributed by atoms with van der Waals surface area (Å²) in [5, 5.41) is 7.94. The molecule has 0 aliphatic carbocycles. The molecule has 7 heteroatoms. The van der Waals surface area contributed by atoms with Crippen molar-refractivity contribution in [2.24, 2.45) is 0 Å². The Balaban J connectivity index is 1.59. The number of rotatable bonds is 6. The van der Waals surface area contributed by atoms with Gasteiger partial charge in [-0.25, -0.2) is 4.98 Å². The lowest BCUT2D eigenvalue weighted by molar-refractivity contribution is -0.115. The maximum absolute atomic E-state index is 12.4. The number of aryl methyl sites for hydroxylation is 1. The van der Waals surface area contributed by atoms with Crippen molar-refractivity contribution in [1.29, 1.82) is 0 Å². The summed E-state index contributed by atoms with van der Waals surface area (Å²) in [7, 11) is 3.95. The van der Waals surface area contributed by atoms with Crippen molar-refractivity contribution >= 4 is 39.7 Å². The topological polar surface area (TPSA) is 74.3 Å². The van der Waals surface area contributed by atoms with Crippen LogP contribution >= 0.6 is 11.3 Å². The molecule has 3 aromatic rings. The Morgan fingerprint density at radius 2 is 1.82 bits per heavy atom. The third-order valence-electron chi connectivity index (χ3n) is 4.15. The number of nitrogens with zero attached hydrogens (tertiary/aromatic N) is 2. The predicted octanol–water partition coefficient (Wildman–Crippen LogP) is 3.95. The normalized spacial score (nSPS) is 10.4. The lowest BCUT2D eigenvalue weighted by Gasteiger charge is -2.15. The number of amides is 2. The maximum Gasteiger partial charge on any atom is 0.257 e. The third kappa shape index (κ3) is 4.95. The molecule has 0 spiro atoms. The summed E-state index contributed by atoms with van der Waals surface area (Å²) >= 11 is 1.30. The molecule has 0 saturated carbocycles. The summed E-state index contributed by atoms with van der Waals surface area (Å²) in [6.45, 7) is 1.96. The van der Waals surface area contributed by atoms with Gasteiger partial charge in [0, 0.05) is 36.4 Å². The molecule has 1 heterocycles. The van der Waals surface area contributed by atoms with Crippen molar-refractivity contribution in [2.45, 2.75) is 13.3 Å². The molecule has 3 rings (SSSR count). The van der Waals surface area contributed by atoms with Crippen molar-refractivity contribution in [1.82, 2.24) is 4.98 Å². The Bertz CT molecular complexity index is 983. The summed E-state index contributed by atoms with van der Waals surface area (Å²) in [6, 6.07) is 14.8. The molecule has 0 atom stereocenters. The molecular weight excluding hydrogens is 372 g/mol. The minimum Gasteiger partial charge on any atom is -0.378 e. The molecule has 144 valence electrons. The number of thiazole rings is 1. The number of hydrogen-bond donors (Lipinski definition) is 2. The standard InChI is InChI=1S/C21H22N4O2S/c1-14-11-17(25(2)3)9-10-18(14)23-19(26)12-16-13-28-21(22-16)24-20(27)15-7-5-4-6-8-15/h4-11,13H,12H2,1-3H3,(H,23,26)(H,22,24,27). The van der Waals surface area contributed by atoms with Crippen LogP contribution in [0.1, 0.15) is 21.6 Å². The molecule has 0 aliphatic heterocycles. The molecule has 0 bridgehead atoms. The quantitative estimate of drug-likeness (QED) is 0.664. The second-order valence-electron chi connectivity index (χ2n) is 6.58. The molecule has 2 N–H and O–H groups in total. The van der Waals surface area contributed by atoms with Crippen molar-refractivity contribution < 1.29 is 9.59 Å². The largest absolute Gasteiger partial charge is 0.378 e. The highest BCUT2D eigenvalue weighted by atomic mass is 32.1. The van der Waals surface area contributed by atoms with Crippen LogP contribution < -0.4 is 15.5 Å². The number of nitrogens with one attached hydrogen (secondary N) is 2. The van der Waals surface area contributed by atoms with Gasteiger partial charge in [0.1, 0.15) is 0 Å². The highest BCUT2D eigenvalue weighted by Gasteiger charge is 2.12. The van der Waals surface area contributed by atoms with E-state index in [1.54, 1.807) is 29.6 Å². The molecular formula is C21H22N4O2S. The van der Waals surface area contributed by atoms with Crippen molar-refractivity contribution in [3.05, 3.63) is 70.7 Å². The van der Waals surface area contributed by atoms with E-state index in [2.05, 4.69) is 15.6 Å². The number of benzene rings is 2. The first-order valence-electron chi connectivity index (χ1n) is 8.81. The van der Waals surface area contributed by atoms with Crippen LogP contribution in [0.15, 0.2) is 53.9 Å². The van der Waals surface area contributed by atoms with Crippen LogP contribution in [0.25, 0.3) is 0 Å². The van der Waals surface area contributed by atoms with Crippen LogP contribution in [-0.4, -0.2) is 30.9 Å². The van der Waals surface area contributed by atoms with E-state index in [-0.39, 0.29) is 18.2 Å². The maximum atomic E-state index is 12.4. The SMILES string of the molecule is Cc1cc(N(C)C)ccc1NC(=O)Cc1csc(NC(=O)c2ccccc2)n1. The predicted molar refractivity (Wildman–Crippen MR) is 114 cm³/mol. The van der Waals surface area contributed by atoms with Crippen molar-refractivity contribution in [3.8, 4) is 0 Å². The summed E-state index contributed by atoms with van der Waals surface area (Å²) in [5.74, 6) is -0.366. The Morgan fingerprint density at radius 3 is 2.50 bits per heavy atom. The molecule has 2 amide bonds. The first kappa shape index (κ1) is 19.6. The molecule has 0 saturated heterocycles. The van der Waals surface area contributed by atoms with Gasteiger partial charge in [0.25, 0.3) is 5.91 Å². The van der Waals surface area contributed by atoms with Crippen molar-refractivity contribution in [2.75, 3.05) is 29.6 Å². The summed E-state index contributed by atoms with van der Waals surface area (Å²) in [5.41, 5.74) is 4.04. The zero-order chi connectivity index (χ0) is 20.1. The zero-order valence-electron chi connectivity index (χ0n) is 16.0. The van der Waals surface area contributed by atoms with Gasteiger partial charge in [-0.3, -0.25) is 14.9 Å². The summed E-state index contributed by atoms with van der Waals surface area (Å²) in [6.07, 6.45) is 0.145. The fourth-order valence-electron chi connectivity index (χ4n) is 2.63. The number of carbonyl (C=O) groups is 2. The highest BCUT2D eigenvalue weighted by Crippen LogP contribution is 2.22. The molecule has 28 heavy (non-hydrogen) atoms. The van der Waals surface area contributed by atoms with Gasteiger partial charge < -0.3 is 10.2 Å². The van der Waals surface area contributed by atoms with E-state index in [0.29, 0.717) is 16.4 Å². The molecule has 6 nitrogen and oxygen atoms in total. The van der Waals surface area contributed by atoms with E-state index in [4.69, 9.17) is 0 Å². The van der Waals surface area contributed by atoms with Crippen LogP contribution in [-0.2, 0) is 11.2 Å². The monoisotopic (exact) mass is 394 g/mol. The molecule has 0 aliphatic rings. The first-order chi connectivity index (χ1) is 13.4. The molecule has 0 fully saturated rings. The van der Waals surface area contributed by atoms with Gasteiger partial charge in [0.05, 0.1) is 12.1 Å². The average Bonchev–Trinajstić information content (AvgIpc) is 3.10. The van der Waals surface area contributed by atoms with Gasteiger partial charge in [-0.1, -0.05) is 18.2 Å². The van der Waals surface area contributed by atoms with E-state index in [1.807, 2.05) is 50.2 Å². The lowest BCUT2D eigenvalue weighted by atomic mass is 10.1. The first-order valence-corrected chi connectivity index (χ1v) is 9.69. The van der Waals surface area contributed by atoms with Gasteiger partial charge >= 0.3 is 0 Å². The second-order valence-corrected chi connectivity index (χ2v) is 7.44. The van der Waals surface area contributed by atoms with E-state index >= 15 is 0 Å². The molecule has 2 aromatic carbocycles. The fourth-order valence-corrected chi connectivity index (χ4v) is 3.33. The third-order valence-corrected chi connectivity index (χ3v) is 4.96. The smallest absolute Gasteiger partial charge is 0.257 e. The molecule has 1 aromatic heterocycles. The Kier molecular flexibility index (Phi) is 6.06. The molecule has 0 unspecified atom stereocenters. The lowest BCUT2D eigenvalue weighted by Crippen LogP contribution is -2.16. The van der Waals surface area contributed by atoms with Crippen LogP contribution in [0.3, 0.4) is 0 Å². The van der Waals surface area contributed by atoms with E-state index < -0.39 is 0 Å². The van der Waals surface area contributed by atoms with Crippen LogP contribution in [0.5, 0.6) is 0 Å². The van der Waals surface area contributed by atoms with Gasteiger partial charge in [-0.15, -0.1) is 11.3 Å². The number of anilines is 3. The van der Waals surface area contributed by atoms with E-state index in [0.717, 1.165) is 16.9 Å². The minimum absolute atomic E-state index is 0.145. The van der Waals surface area contributed by atoms with Gasteiger partial charge in [0.2, 0.25) is 5.91 Å². The van der Waals surface area contributed by atoms with Crippen LogP contribution in [0.4, 0.5) is 16.5 Å². The Hall–Kier alpha value is -3.19. The van der Waals surface area contributed by atoms with Gasteiger partial charge in [0.15, 0.2) is 5.13 Å². The Labute approximate surface area is 168 Å². The number of aromatic nitrogens is 1. The summed E-state index contributed by atoms with van der Waals surface area (Å²) in [4.78, 5) is 30.9. The second kappa shape index (κ2) is 8.67. The Morgan fingerprint density at radius 1 is 1.07 bits per heavy atom. The van der Waals surface area contributed by atoms with E-state index in [1.165, 1.54) is 11.3 Å². The van der Waals surface area contributed by atoms with Gasteiger partial charge in [-0.2, -0.15) is 0 Å².